The van der Waals surface area contributed by atoms with Crippen molar-refractivity contribution in [2.24, 2.45) is 5.73 Å². The molecule has 1 atom stereocenters. The highest BCUT2D eigenvalue weighted by atomic mass is 35.5. The Labute approximate surface area is 126 Å². The first-order valence-electron chi connectivity index (χ1n) is 5.64. The topological polar surface area (TPSA) is 68.5 Å². The highest BCUT2D eigenvalue weighted by molar-refractivity contribution is 5.85. The predicted molar refractivity (Wildman–Crippen MR) is 79.7 cm³/mol. The van der Waals surface area contributed by atoms with Crippen molar-refractivity contribution in [3.8, 4) is 0 Å². The molecule has 7 heteroatoms. The summed E-state index contributed by atoms with van der Waals surface area (Å²) in [6, 6.07) is 5.64. The van der Waals surface area contributed by atoms with Crippen LogP contribution in [-0.4, -0.2) is 42.1 Å². The quantitative estimate of drug-likeness (QED) is 0.858. The molecule has 1 unspecified atom stereocenters. The lowest BCUT2D eigenvalue weighted by Gasteiger charge is -2.24. The van der Waals surface area contributed by atoms with Crippen molar-refractivity contribution in [2.75, 3.05) is 20.2 Å². The van der Waals surface area contributed by atoms with E-state index < -0.39 is 6.10 Å². The fourth-order valence-electron chi connectivity index (χ4n) is 1.53. The van der Waals surface area contributed by atoms with Gasteiger partial charge in [0.05, 0.1) is 12.2 Å². The largest absolute Gasteiger partial charge is 0.370 e. The van der Waals surface area contributed by atoms with Gasteiger partial charge in [-0.3, -0.25) is 9.78 Å². The Morgan fingerprint density at radius 2 is 2.16 bits per heavy atom. The van der Waals surface area contributed by atoms with Crippen LogP contribution >= 0.6 is 24.8 Å². The zero-order valence-electron chi connectivity index (χ0n) is 11.1. The van der Waals surface area contributed by atoms with Gasteiger partial charge in [0.2, 0.25) is 0 Å². The molecule has 1 heterocycles. The van der Waals surface area contributed by atoms with Crippen LogP contribution in [0.2, 0.25) is 0 Å². The number of pyridine rings is 1. The summed E-state index contributed by atoms with van der Waals surface area (Å²) in [7, 11) is 1.49. The van der Waals surface area contributed by atoms with Crippen LogP contribution in [0.3, 0.4) is 0 Å². The zero-order valence-corrected chi connectivity index (χ0v) is 12.7. The molecule has 0 aliphatic carbocycles. The highest BCUT2D eigenvalue weighted by Gasteiger charge is 2.21. The van der Waals surface area contributed by atoms with Crippen molar-refractivity contribution in [3.63, 3.8) is 0 Å². The van der Waals surface area contributed by atoms with Gasteiger partial charge in [0.1, 0.15) is 6.10 Å². The number of nitrogens with zero attached hydrogens (tertiary/aromatic N) is 2. The third-order valence-corrected chi connectivity index (χ3v) is 2.55. The maximum atomic E-state index is 12.0. The van der Waals surface area contributed by atoms with Crippen molar-refractivity contribution in [3.05, 3.63) is 30.1 Å². The van der Waals surface area contributed by atoms with Gasteiger partial charge in [-0.25, -0.2) is 0 Å². The Bertz CT molecular complexity index is 348. The number of likely N-dealkylation sites (N-methyl/N-ethyl adjacent to an activating group) is 1. The number of nitrogens with two attached hydrogens (primary N) is 1. The van der Waals surface area contributed by atoms with E-state index >= 15 is 0 Å². The second kappa shape index (κ2) is 11.0. The van der Waals surface area contributed by atoms with E-state index in [2.05, 4.69) is 4.98 Å². The van der Waals surface area contributed by atoms with Gasteiger partial charge in [0.15, 0.2) is 0 Å². The van der Waals surface area contributed by atoms with Gasteiger partial charge in [-0.2, -0.15) is 0 Å². The molecule has 1 rings (SSSR count). The van der Waals surface area contributed by atoms with Gasteiger partial charge in [0, 0.05) is 26.4 Å². The van der Waals surface area contributed by atoms with Crippen LogP contribution < -0.4 is 5.73 Å². The van der Waals surface area contributed by atoms with Crippen molar-refractivity contribution < 1.29 is 9.53 Å². The van der Waals surface area contributed by atoms with E-state index in [-0.39, 0.29) is 37.3 Å². The molecule has 0 bridgehead atoms. The second-order valence-electron chi connectivity index (χ2n) is 3.63. The Morgan fingerprint density at radius 1 is 1.47 bits per heavy atom. The summed E-state index contributed by atoms with van der Waals surface area (Å²) in [4.78, 5) is 17.9. The summed E-state index contributed by atoms with van der Waals surface area (Å²) >= 11 is 0. The molecule has 2 N–H and O–H groups in total. The molecule has 110 valence electrons. The Balaban J connectivity index is 0. The number of methoxy groups -OCH3 is 1. The van der Waals surface area contributed by atoms with Gasteiger partial charge in [0.25, 0.3) is 5.91 Å². The lowest BCUT2D eigenvalue weighted by molar-refractivity contribution is -0.141. The minimum Gasteiger partial charge on any atom is -0.370 e. The lowest BCUT2D eigenvalue weighted by atomic mass is 10.2. The summed E-state index contributed by atoms with van der Waals surface area (Å²) in [5.74, 6) is -0.0943. The van der Waals surface area contributed by atoms with Crippen LogP contribution in [0.15, 0.2) is 24.4 Å². The van der Waals surface area contributed by atoms with Gasteiger partial charge >= 0.3 is 0 Å². The SMILES string of the molecule is CCN(Cc1ccccn1)C(=O)C(CN)OC.Cl.Cl. The van der Waals surface area contributed by atoms with Gasteiger partial charge in [-0.05, 0) is 19.1 Å². The van der Waals surface area contributed by atoms with Crippen LogP contribution in [-0.2, 0) is 16.1 Å². The Hall–Kier alpha value is -0.880. The van der Waals surface area contributed by atoms with E-state index in [9.17, 15) is 4.79 Å². The average molecular weight is 310 g/mol. The molecule has 0 radical (unpaired) electrons. The van der Waals surface area contributed by atoms with Crippen LogP contribution in [0.4, 0.5) is 0 Å². The molecule has 5 nitrogen and oxygen atoms in total. The van der Waals surface area contributed by atoms with E-state index in [0.717, 1.165) is 5.69 Å². The molecule has 1 aromatic heterocycles. The number of hydrogen-bond donors (Lipinski definition) is 1. The Kier molecular flexibility index (Phi) is 11.8. The number of ether oxygens (including phenoxy) is 1. The molecule has 1 amide bonds. The molecule has 0 aliphatic heterocycles. The first-order chi connectivity index (χ1) is 8.22. The zero-order chi connectivity index (χ0) is 12.7. The predicted octanol–water partition coefficient (Wildman–Crippen LogP) is 1.25. The third-order valence-electron chi connectivity index (χ3n) is 2.55. The molecule has 0 saturated heterocycles. The van der Waals surface area contributed by atoms with E-state index in [1.165, 1.54) is 7.11 Å². The molecule has 0 spiro atoms. The fourth-order valence-corrected chi connectivity index (χ4v) is 1.53. The van der Waals surface area contributed by atoms with Crippen LogP contribution in [0.1, 0.15) is 12.6 Å². The maximum Gasteiger partial charge on any atom is 0.253 e. The summed E-state index contributed by atoms with van der Waals surface area (Å²) in [5.41, 5.74) is 6.34. The summed E-state index contributed by atoms with van der Waals surface area (Å²) in [6.07, 6.45) is 1.14. The van der Waals surface area contributed by atoms with E-state index in [4.69, 9.17) is 10.5 Å². The number of aromatic nitrogens is 1. The molecule has 0 aromatic carbocycles. The van der Waals surface area contributed by atoms with Crippen molar-refractivity contribution in [2.45, 2.75) is 19.6 Å². The summed E-state index contributed by atoms with van der Waals surface area (Å²) in [5, 5.41) is 0. The number of carbonyl (C=O) groups excluding carboxylic acids is 1. The van der Waals surface area contributed by atoms with Crippen molar-refractivity contribution in [1.29, 1.82) is 0 Å². The summed E-state index contributed by atoms with van der Waals surface area (Å²) in [6.45, 7) is 3.20. The van der Waals surface area contributed by atoms with Gasteiger partial charge in [-0.15, -0.1) is 24.8 Å². The number of halogens is 2. The number of amides is 1. The van der Waals surface area contributed by atoms with Gasteiger partial charge in [-0.1, -0.05) is 6.07 Å². The smallest absolute Gasteiger partial charge is 0.253 e. The normalized spacial score (nSPS) is 10.9. The molecule has 0 aliphatic rings. The molecule has 0 saturated carbocycles. The highest BCUT2D eigenvalue weighted by Crippen LogP contribution is 2.04. The standard InChI is InChI=1S/C12H19N3O2.2ClH/c1-3-15(12(16)11(8-13)17-2)9-10-6-4-5-7-14-10;;/h4-7,11H,3,8-9,13H2,1-2H3;2*1H. The number of rotatable bonds is 6. The number of hydrogen-bond acceptors (Lipinski definition) is 4. The maximum absolute atomic E-state index is 12.0. The second-order valence-corrected chi connectivity index (χ2v) is 3.63. The molecular weight excluding hydrogens is 289 g/mol. The minimum atomic E-state index is -0.571. The fraction of sp³-hybridized carbons (Fsp3) is 0.500. The average Bonchev–Trinajstić information content (AvgIpc) is 2.38. The van der Waals surface area contributed by atoms with Crippen molar-refractivity contribution >= 4 is 30.7 Å². The number of carbonyl (C=O) groups is 1. The third kappa shape index (κ3) is 6.20. The van der Waals surface area contributed by atoms with Crippen LogP contribution in [0.25, 0.3) is 0 Å². The summed E-state index contributed by atoms with van der Waals surface area (Å²) < 4.78 is 5.05. The van der Waals surface area contributed by atoms with Crippen LogP contribution in [0.5, 0.6) is 0 Å². The lowest BCUT2D eigenvalue weighted by Crippen LogP contribution is -2.43. The molecule has 0 fully saturated rings. The van der Waals surface area contributed by atoms with E-state index in [1.807, 2.05) is 25.1 Å². The minimum absolute atomic E-state index is 0. The molecule has 1 aromatic rings. The van der Waals surface area contributed by atoms with E-state index in [0.29, 0.717) is 13.1 Å². The molecule has 19 heavy (non-hydrogen) atoms. The Morgan fingerprint density at radius 3 is 2.58 bits per heavy atom. The van der Waals surface area contributed by atoms with Gasteiger partial charge < -0.3 is 15.4 Å². The first kappa shape index (κ1) is 20.4. The molecular formula is C12H21Cl2N3O2. The monoisotopic (exact) mass is 309 g/mol. The first-order valence-corrected chi connectivity index (χ1v) is 5.64. The van der Waals surface area contributed by atoms with Crippen molar-refractivity contribution in [1.82, 2.24) is 9.88 Å². The van der Waals surface area contributed by atoms with E-state index in [1.54, 1.807) is 11.1 Å². The van der Waals surface area contributed by atoms with Crippen LogP contribution in [0, 0.1) is 0 Å².